The summed E-state index contributed by atoms with van der Waals surface area (Å²) in [7, 11) is -3.53. The number of unbranched alkanes of at least 4 members (excludes halogenated alkanes) is 1. The van der Waals surface area contributed by atoms with Crippen LogP contribution in [0.3, 0.4) is 0 Å². The zero-order chi connectivity index (χ0) is 28.3. The summed E-state index contributed by atoms with van der Waals surface area (Å²) < 4.78 is 28.3. The molecule has 0 aliphatic carbocycles. The lowest BCUT2D eigenvalue weighted by molar-refractivity contribution is 0.141. The van der Waals surface area contributed by atoms with Crippen LogP contribution in [0, 0.1) is 13.8 Å². The van der Waals surface area contributed by atoms with Crippen LogP contribution in [0.5, 0.6) is 0 Å². The summed E-state index contributed by atoms with van der Waals surface area (Å²) in [6.07, 6.45) is 3.21. The summed E-state index contributed by atoms with van der Waals surface area (Å²) >= 11 is 0. The zero-order valence-corrected chi connectivity index (χ0v) is 24.7. The summed E-state index contributed by atoms with van der Waals surface area (Å²) in [6.45, 7) is 10.6. The highest BCUT2D eigenvalue weighted by Gasteiger charge is 2.31. The van der Waals surface area contributed by atoms with E-state index in [2.05, 4.69) is 56.1 Å². The van der Waals surface area contributed by atoms with Crippen LogP contribution in [0.25, 0.3) is 10.9 Å². The van der Waals surface area contributed by atoms with Crippen LogP contribution in [0.4, 0.5) is 11.5 Å². The van der Waals surface area contributed by atoms with Crippen LogP contribution in [0.15, 0.2) is 71.6 Å². The topological polar surface area (TPSA) is 78.4 Å². The van der Waals surface area contributed by atoms with Crippen molar-refractivity contribution in [3.05, 3.63) is 89.2 Å². The summed E-state index contributed by atoms with van der Waals surface area (Å²) in [5.74, 6) is 1.51. The molecular weight excluding hydrogens is 518 g/mol. The fraction of sp³-hybridized carbons (Fsp3) is 0.375. The fourth-order valence-electron chi connectivity index (χ4n) is 5.36. The second-order valence-corrected chi connectivity index (χ2v) is 12.6. The van der Waals surface area contributed by atoms with Crippen LogP contribution in [-0.4, -0.2) is 53.8 Å². The first kappa shape index (κ1) is 28.2. The van der Waals surface area contributed by atoms with Gasteiger partial charge in [0.1, 0.15) is 11.6 Å². The Morgan fingerprint density at radius 1 is 0.875 bits per heavy atom. The lowest BCUT2D eigenvalue weighted by atomic mass is 10.1. The van der Waals surface area contributed by atoms with E-state index in [1.165, 1.54) is 5.56 Å². The average Bonchev–Trinajstić information content (AvgIpc) is 2.97. The first-order chi connectivity index (χ1) is 19.3. The Morgan fingerprint density at radius 3 is 2.23 bits per heavy atom. The van der Waals surface area contributed by atoms with Gasteiger partial charge in [0.15, 0.2) is 0 Å². The molecule has 1 aromatic heterocycles. The molecule has 1 aliphatic rings. The van der Waals surface area contributed by atoms with Gasteiger partial charge in [-0.2, -0.15) is 4.31 Å². The molecule has 1 aliphatic heterocycles. The number of aryl methyl sites for hydroxylation is 3. The minimum Gasteiger partial charge on any atom is -0.339 e. The monoisotopic (exact) mass is 557 g/mol. The number of fused-ring (bicyclic) bond motifs is 1. The zero-order valence-electron chi connectivity index (χ0n) is 23.9. The number of hydrogen-bond donors (Lipinski definition) is 1. The number of rotatable bonds is 9. The van der Waals surface area contributed by atoms with Crippen molar-refractivity contribution in [3.8, 4) is 0 Å². The Labute approximate surface area is 238 Å². The Morgan fingerprint density at radius 2 is 1.55 bits per heavy atom. The van der Waals surface area contributed by atoms with E-state index >= 15 is 0 Å². The Kier molecular flexibility index (Phi) is 8.49. The second kappa shape index (κ2) is 12.0. The molecule has 1 fully saturated rings. The van der Waals surface area contributed by atoms with Crippen LogP contribution in [0.2, 0.25) is 0 Å². The maximum absolute atomic E-state index is 13.4. The molecule has 1 atom stereocenters. The van der Waals surface area contributed by atoms with Crippen molar-refractivity contribution in [3.63, 3.8) is 0 Å². The van der Waals surface area contributed by atoms with Gasteiger partial charge < -0.3 is 5.32 Å². The van der Waals surface area contributed by atoms with Gasteiger partial charge >= 0.3 is 0 Å². The van der Waals surface area contributed by atoms with Gasteiger partial charge in [-0.25, -0.2) is 18.4 Å². The molecule has 2 heterocycles. The maximum Gasteiger partial charge on any atom is 0.243 e. The number of sulfonamides is 1. The summed E-state index contributed by atoms with van der Waals surface area (Å²) in [5.41, 5.74) is 5.44. The molecule has 0 saturated carbocycles. The highest BCUT2D eigenvalue weighted by Crippen LogP contribution is 2.30. The molecule has 0 bridgehead atoms. The van der Waals surface area contributed by atoms with E-state index in [9.17, 15) is 8.42 Å². The normalized spacial score (nSPS) is 15.8. The molecule has 4 aromatic rings. The van der Waals surface area contributed by atoms with E-state index in [4.69, 9.17) is 9.97 Å². The Balaban J connectivity index is 1.33. The van der Waals surface area contributed by atoms with E-state index in [-0.39, 0.29) is 6.04 Å². The number of benzene rings is 3. The molecule has 40 heavy (non-hydrogen) atoms. The quantitative estimate of drug-likeness (QED) is 0.257. The average molecular weight is 558 g/mol. The van der Waals surface area contributed by atoms with Crippen molar-refractivity contribution in [1.29, 1.82) is 0 Å². The molecule has 0 unspecified atom stereocenters. The third-order valence-corrected chi connectivity index (χ3v) is 9.83. The number of anilines is 2. The molecule has 0 amide bonds. The highest BCUT2D eigenvalue weighted by molar-refractivity contribution is 7.89. The predicted molar refractivity (Wildman–Crippen MR) is 163 cm³/mol. The number of aromatic nitrogens is 2. The number of para-hydroxylation sites is 2. The molecule has 3 aromatic carbocycles. The van der Waals surface area contributed by atoms with Crippen LogP contribution in [0.1, 0.15) is 55.2 Å². The minimum absolute atomic E-state index is 0.0640. The fourth-order valence-corrected chi connectivity index (χ4v) is 6.78. The Hall–Kier alpha value is -3.33. The van der Waals surface area contributed by atoms with Gasteiger partial charge in [-0.3, -0.25) is 4.90 Å². The van der Waals surface area contributed by atoms with Gasteiger partial charge in [0, 0.05) is 37.3 Å². The van der Waals surface area contributed by atoms with E-state index in [0.29, 0.717) is 31.1 Å². The molecule has 1 saturated heterocycles. The van der Waals surface area contributed by atoms with Gasteiger partial charge in [-0.15, -0.1) is 0 Å². The molecule has 8 heteroatoms. The number of hydrogen-bond acceptors (Lipinski definition) is 6. The van der Waals surface area contributed by atoms with Crippen LogP contribution >= 0.6 is 0 Å². The summed E-state index contributed by atoms with van der Waals surface area (Å²) in [6, 6.07) is 21.6. The second-order valence-electron chi connectivity index (χ2n) is 10.7. The molecule has 7 nitrogen and oxygen atoms in total. The van der Waals surface area contributed by atoms with Crippen molar-refractivity contribution in [2.75, 3.05) is 31.5 Å². The molecule has 0 spiro atoms. The summed E-state index contributed by atoms with van der Waals surface area (Å²) in [4.78, 5) is 12.6. The maximum atomic E-state index is 13.4. The van der Waals surface area contributed by atoms with Gasteiger partial charge in [-0.1, -0.05) is 55.8 Å². The van der Waals surface area contributed by atoms with Gasteiger partial charge in [0.2, 0.25) is 10.0 Å². The van der Waals surface area contributed by atoms with E-state index in [1.807, 2.05) is 36.4 Å². The van der Waals surface area contributed by atoms with E-state index in [0.717, 1.165) is 58.6 Å². The first-order valence-corrected chi connectivity index (χ1v) is 15.6. The highest BCUT2D eigenvalue weighted by atomic mass is 32.2. The molecule has 0 radical (unpaired) electrons. The molecule has 5 rings (SSSR count). The van der Waals surface area contributed by atoms with Crippen LogP contribution < -0.4 is 5.32 Å². The largest absolute Gasteiger partial charge is 0.339 e. The predicted octanol–water partition coefficient (Wildman–Crippen LogP) is 6.40. The lowest BCUT2D eigenvalue weighted by Crippen LogP contribution is -2.49. The number of nitrogens with zero attached hydrogens (tertiary/aromatic N) is 4. The first-order valence-electron chi connectivity index (χ1n) is 14.2. The Bertz CT molecular complexity index is 1560. The number of piperazine rings is 1. The van der Waals surface area contributed by atoms with Crippen molar-refractivity contribution in [2.24, 2.45) is 0 Å². The van der Waals surface area contributed by atoms with Crippen molar-refractivity contribution in [1.82, 2.24) is 19.2 Å². The van der Waals surface area contributed by atoms with Crippen molar-refractivity contribution < 1.29 is 8.42 Å². The third-order valence-electron chi connectivity index (χ3n) is 7.92. The molecule has 210 valence electrons. The minimum atomic E-state index is -3.53. The standard InChI is InChI=1S/C32H39N5O2S/c1-5-6-12-26-15-17-27(18-16-26)40(38,39)37-21-19-36(20-22-37)25(4)31-33-29-14-8-7-13-28(29)32(35-31)34-30-23(2)10-9-11-24(30)3/h7-11,13-18,25H,5-6,12,19-22H2,1-4H3,(H,33,34,35)/t25-/m1/s1. The van der Waals surface area contributed by atoms with Crippen LogP contribution in [-0.2, 0) is 16.4 Å². The van der Waals surface area contributed by atoms with Crippen molar-refractivity contribution >= 4 is 32.4 Å². The summed E-state index contributed by atoms with van der Waals surface area (Å²) in [5, 5.41) is 4.55. The van der Waals surface area contributed by atoms with Gasteiger partial charge in [0.05, 0.1) is 16.5 Å². The van der Waals surface area contributed by atoms with E-state index in [1.54, 1.807) is 16.4 Å². The van der Waals surface area contributed by atoms with E-state index < -0.39 is 10.0 Å². The van der Waals surface area contributed by atoms with Gasteiger partial charge in [0.25, 0.3) is 0 Å². The van der Waals surface area contributed by atoms with Crippen molar-refractivity contribution in [2.45, 2.75) is 57.9 Å². The SMILES string of the molecule is CCCCc1ccc(S(=O)(=O)N2CCN([C@H](C)c3nc(Nc4c(C)cccc4C)c4ccccc4n3)CC2)cc1. The molecular formula is C32H39N5O2S. The smallest absolute Gasteiger partial charge is 0.243 e. The lowest BCUT2D eigenvalue weighted by Gasteiger charge is -2.37. The third kappa shape index (κ3) is 5.89. The van der Waals surface area contributed by atoms with Gasteiger partial charge in [-0.05, 0) is 74.6 Å². The number of nitrogens with one attached hydrogen (secondary N) is 1. The molecule has 1 N–H and O–H groups in total.